The van der Waals surface area contributed by atoms with Gasteiger partial charge >= 0.3 is 0 Å². The molecule has 42 heavy (non-hydrogen) atoms. The van der Waals surface area contributed by atoms with E-state index in [1.807, 2.05) is 12.3 Å². The maximum Gasteiger partial charge on any atom is 0.112 e. The van der Waals surface area contributed by atoms with E-state index in [0.717, 1.165) is 74.2 Å². The first-order valence-electron chi connectivity index (χ1n) is 16.7. The van der Waals surface area contributed by atoms with E-state index in [-0.39, 0.29) is 23.0 Å². The summed E-state index contributed by atoms with van der Waals surface area (Å²) in [5.41, 5.74) is 3.91. The van der Waals surface area contributed by atoms with Gasteiger partial charge in [0.15, 0.2) is 0 Å². The number of ether oxygens (including phenoxy) is 1. The van der Waals surface area contributed by atoms with Crippen molar-refractivity contribution in [3.8, 4) is 11.3 Å². The number of pyridine rings is 1. The number of hydrogen-bond donors (Lipinski definition) is 2. The molecular weight excluding hydrogens is 520 g/mol. The van der Waals surface area contributed by atoms with E-state index >= 15 is 0 Å². The van der Waals surface area contributed by atoms with Gasteiger partial charge in [0.1, 0.15) is 5.60 Å². The minimum absolute atomic E-state index is 0.0591. The highest BCUT2D eigenvalue weighted by Gasteiger charge is 2.75. The van der Waals surface area contributed by atoms with Gasteiger partial charge in [-0.3, -0.25) is 0 Å². The molecule has 6 heteroatoms. The summed E-state index contributed by atoms with van der Waals surface area (Å²) < 4.78 is 8.56. The van der Waals surface area contributed by atoms with Gasteiger partial charge in [0.2, 0.25) is 0 Å². The lowest BCUT2D eigenvalue weighted by molar-refractivity contribution is -0.0601. The summed E-state index contributed by atoms with van der Waals surface area (Å²) in [7, 11) is 0. The molecule has 1 aliphatic carbocycles. The zero-order valence-corrected chi connectivity index (χ0v) is 24.9. The topological polar surface area (TPSA) is 65.8 Å². The number of hydrogen-bond acceptors (Lipinski definition) is 5. The third-order valence-corrected chi connectivity index (χ3v) is 11.5. The Morgan fingerprint density at radius 1 is 0.905 bits per heavy atom. The third kappa shape index (κ3) is 4.28. The molecule has 1 unspecified atom stereocenters. The molecule has 6 nitrogen and oxygen atoms in total. The molecule has 1 aromatic rings. The van der Waals surface area contributed by atoms with Crippen molar-refractivity contribution in [1.82, 2.24) is 19.9 Å². The van der Waals surface area contributed by atoms with Crippen LogP contribution in [0.15, 0.2) is 60.8 Å². The van der Waals surface area contributed by atoms with Gasteiger partial charge in [-0.15, -0.1) is 0 Å². The molecular formula is C36H46N4O2. The predicted octanol–water partition coefficient (Wildman–Crippen LogP) is 6.92. The van der Waals surface area contributed by atoms with Crippen molar-refractivity contribution >= 4 is 10.9 Å². The Labute approximate surface area is 250 Å². The zero-order chi connectivity index (χ0) is 28.1. The SMILES string of the molecule is On1ccc2c3ccccc3nc-2c1[C@H]1[C@@H]2CCN3CCCC/C=C\CC[C@@]4(O[C@@H]14)[C@@H]1NCCCC/C=C\CC[C@@]12C3. The van der Waals surface area contributed by atoms with Gasteiger partial charge in [0, 0.05) is 41.1 Å². The highest BCUT2D eigenvalue weighted by Crippen LogP contribution is 2.68. The first kappa shape index (κ1) is 26.9. The minimum Gasteiger partial charge on any atom is -0.429 e. The number of rotatable bonds is 1. The number of epoxide rings is 1. The van der Waals surface area contributed by atoms with Crippen LogP contribution in [-0.4, -0.2) is 63.7 Å². The molecule has 2 spiro atoms. The van der Waals surface area contributed by atoms with Crippen molar-refractivity contribution in [3.63, 3.8) is 0 Å². The zero-order valence-electron chi connectivity index (χ0n) is 24.9. The van der Waals surface area contributed by atoms with Gasteiger partial charge < -0.3 is 20.2 Å². The van der Waals surface area contributed by atoms with Crippen LogP contribution in [0.25, 0.3) is 22.2 Å². The van der Waals surface area contributed by atoms with Gasteiger partial charge in [0.25, 0.3) is 0 Å². The van der Waals surface area contributed by atoms with Crippen LogP contribution in [0.1, 0.15) is 82.2 Å². The van der Waals surface area contributed by atoms with Crippen LogP contribution in [0.5, 0.6) is 0 Å². The molecule has 0 aromatic heterocycles. The molecule has 1 saturated carbocycles. The number of benzene rings is 1. The maximum atomic E-state index is 11.6. The van der Waals surface area contributed by atoms with E-state index in [1.54, 1.807) is 0 Å². The summed E-state index contributed by atoms with van der Waals surface area (Å²) in [4.78, 5) is 7.97. The molecule has 222 valence electrons. The number of nitrogens with one attached hydrogen (secondary N) is 1. The van der Waals surface area contributed by atoms with Crippen molar-refractivity contribution in [2.24, 2.45) is 11.3 Å². The van der Waals surface area contributed by atoms with Crippen molar-refractivity contribution in [2.45, 2.75) is 94.3 Å². The van der Waals surface area contributed by atoms with E-state index in [4.69, 9.17) is 9.72 Å². The summed E-state index contributed by atoms with van der Waals surface area (Å²) >= 11 is 0. The summed E-state index contributed by atoms with van der Waals surface area (Å²) in [5.74, 6) is 0.511. The molecule has 2 saturated heterocycles. The van der Waals surface area contributed by atoms with Crippen LogP contribution in [0.2, 0.25) is 0 Å². The standard InChI is InChI=1S/C36H46N4O2/c41-40-24-17-27-26-15-9-10-16-29(26)38-31(27)32(40)30-28-18-23-39-22-14-8-4-2-6-12-20-36(33(30)42-36)34-35(28,25-39)19-11-5-1-3-7-13-21-37-34/h1-2,5-6,9-10,15-17,24,28,30,33-34,37,41H,3-4,7-8,11-14,18-23,25H2/b5-1-,6-2-/t28-,30+,33-,34+,35-,36-/m0/s1. The molecule has 2 N–H and O–H groups in total. The van der Waals surface area contributed by atoms with Crippen LogP contribution < -0.4 is 5.32 Å². The van der Waals surface area contributed by atoms with Crippen LogP contribution in [0.4, 0.5) is 0 Å². The fourth-order valence-electron chi connectivity index (χ4n) is 9.71. The van der Waals surface area contributed by atoms with Gasteiger partial charge in [0.05, 0.1) is 23.0 Å². The number of allylic oxidation sites excluding steroid dienone is 4. The summed E-state index contributed by atoms with van der Waals surface area (Å²) in [6.07, 6.45) is 24.5. The van der Waals surface area contributed by atoms with Gasteiger partial charge in [-0.2, -0.15) is 4.73 Å². The molecule has 1 aromatic carbocycles. The monoisotopic (exact) mass is 566 g/mol. The molecule has 7 aliphatic rings. The van der Waals surface area contributed by atoms with Crippen molar-refractivity contribution < 1.29 is 9.94 Å². The maximum absolute atomic E-state index is 11.6. The number of nitrogens with zero attached hydrogens (tertiary/aromatic N) is 3. The fraction of sp³-hybridized carbons (Fsp3) is 0.583. The summed E-state index contributed by atoms with van der Waals surface area (Å²) in [6.45, 7) is 4.47. The van der Waals surface area contributed by atoms with E-state index in [9.17, 15) is 5.21 Å². The van der Waals surface area contributed by atoms with Crippen molar-refractivity contribution in [3.05, 3.63) is 66.5 Å². The molecule has 3 fully saturated rings. The highest BCUT2D eigenvalue weighted by atomic mass is 16.6. The average Bonchev–Trinajstić information content (AvgIpc) is 3.61. The fourth-order valence-corrected chi connectivity index (χ4v) is 9.71. The second kappa shape index (κ2) is 10.8. The lowest BCUT2D eigenvalue weighted by Crippen LogP contribution is -2.68. The van der Waals surface area contributed by atoms with Gasteiger partial charge in [-0.05, 0) is 108 Å². The van der Waals surface area contributed by atoms with Gasteiger partial charge in [-0.25, -0.2) is 4.98 Å². The molecule has 8 rings (SSSR count). The highest BCUT2D eigenvalue weighted by molar-refractivity contribution is 5.98. The lowest BCUT2D eigenvalue weighted by Gasteiger charge is -2.59. The molecule has 0 amide bonds. The van der Waals surface area contributed by atoms with Crippen LogP contribution in [0.3, 0.4) is 0 Å². The normalized spacial score (nSPS) is 38.7. The van der Waals surface area contributed by atoms with Crippen molar-refractivity contribution in [2.75, 3.05) is 26.2 Å². The Morgan fingerprint density at radius 3 is 2.62 bits per heavy atom. The molecule has 7 atom stereocenters. The van der Waals surface area contributed by atoms with E-state index in [2.05, 4.69) is 58.8 Å². The molecule has 6 aliphatic heterocycles. The van der Waals surface area contributed by atoms with E-state index in [0.29, 0.717) is 12.0 Å². The minimum atomic E-state index is -0.221. The predicted molar refractivity (Wildman–Crippen MR) is 167 cm³/mol. The molecule has 6 heterocycles. The number of piperidine rings is 1. The largest absolute Gasteiger partial charge is 0.429 e. The first-order chi connectivity index (χ1) is 20.7. The Kier molecular flexibility index (Phi) is 6.92. The Morgan fingerprint density at radius 2 is 1.71 bits per heavy atom. The quantitative estimate of drug-likeness (QED) is 0.190. The first-order valence-corrected chi connectivity index (χ1v) is 16.7. The molecule has 3 bridgehead atoms. The van der Waals surface area contributed by atoms with E-state index < -0.39 is 0 Å². The lowest BCUT2D eigenvalue weighted by atomic mass is 9.50. The number of fused-ring (bicyclic) bond motifs is 4. The number of para-hydroxylation sites is 1. The summed E-state index contributed by atoms with van der Waals surface area (Å²) in [6, 6.07) is 10.8. The number of aromatic nitrogens is 2. The van der Waals surface area contributed by atoms with Crippen LogP contribution in [-0.2, 0) is 4.74 Å². The summed E-state index contributed by atoms with van der Waals surface area (Å²) in [5, 5.41) is 17.0. The van der Waals surface area contributed by atoms with Crippen LogP contribution >= 0.6 is 0 Å². The second-order valence-electron chi connectivity index (χ2n) is 13.8. The average molecular weight is 567 g/mol. The Hall–Kier alpha value is -2.67. The smallest absolute Gasteiger partial charge is 0.112 e. The third-order valence-electron chi connectivity index (χ3n) is 11.5. The van der Waals surface area contributed by atoms with E-state index in [1.165, 1.54) is 55.2 Å². The second-order valence-corrected chi connectivity index (χ2v) is 13.8. The van der Waals surface area contributed by atoms with Crippen molar-refractivity contribution in [1.29, 1.82) is 0 Å². The van der Waals surface area contributed by atoms with Gasteiger partial charge in [-0.1, -0.05) is 42.5 Å². The molecule has 0 radical (unpaired) electrons. The Bertz CT molecular complexity index is 1460. The van der Waals surface area contributed by atoms with Crippen LogP contribution in [0, 0.1) is 11.3 Å². The Balaban J connectivity index is 1.31.